The first-order valence-corrected chi connectivity index (χ1v) is 5.59. The molecule has 1 N–H and O–H groups in total. The van der Waals surface area contributed by atoms with E-state index in [-0.39, 0.29) is 12.1 Å². The fraction of sp³-hybridized carbons (Fsp3) is 0.0769. The molecule has 0 aliphatic heterocycles. The number of benzene rings is 1. The van der Waals surface area contributed by atoms with E-state index in [1.807, 2.05) is 0 Å². The average Bonchev–Trinajstić information content (AvgIpc) is 2.83. The van der Waals surface area contributed by atoms with Crippen LogP contribution in [0.5, 0.6) is 0 Å². The first-order valence-electron chi connectivity index (χ1n) is 5.59. The number of hydrogen-bond donors (Lipinski definition) is 1. The number of fused-ring (bicyclic) bond motifs is 1. The van der Waals surface area contributed by atoms with Gasteiger partial charge in [-0.25, -0.2) is 18.2 Å². The van der Waals surface area contributed by atoms with Gasteiger partial charge in [0.1, 0.15) is 16.9 Å². The highest BCUT2D eigenvalue weighted by Crippen LogP contribution is 2.13. The van der Waals surface area contributed by atoms with Crippen molar-refractivity contribution in [3.63, 3.8) is 0 Å². The molecule has 19 heavy (non-hydrogen) atoms. The maximum atomic E-state index is 13.5. The van der Waals surface area contributed by atoms with Crippen LogP contribution in [-0.4, -0.2) is 9.97 Å². The summed E-state index contributed by atoms with van der Waals surface area (Å²) in [4.78, 5) is 6.98. The van der Waals surface area contributed by atoms with Gasteiger partial charge in [-0.2, -0.15) is 4.57 Å². The minimum atomic E-state index is -1.18. The molecule has 0 aliphatic rings. The average molecular weight is 264 g/mol. The van der Waals surface area contributed by atoms with Crippen LogP contribution in [0, 0.1) is 17.5 Å². The van der Waals surface area contributed by atoms with Crippen LogP contribution >= 0.6 is 0 Å². The van der Waals surface area contributed by atoms with Gasteiger partial charge in [-0.05, 0) is 6.07 Å². The summed E-state index contributed by atoms with van der Waals surface area (Å²) in [5.74, 6) is -3.01. The van der Waals surface area contributed by atoms with Gasteiger partial charge in [0.2, 0.25) is 0 Å². The number of halogens is 3. The van der Waals surface area contributed by atoms with Crippen molar-refractivity contribution in [1.29, 1.82) is 0 Å². The van der Waals surface area contributed by atoms with E-state index >= 15 is 0 Å². The van der Waals surface area contributed by atoms with E-state index in [9.17, 15) is 13.2 Å². The number of hydrogen-bond acceptors (Lipinski definition) is 1. The second-order valence-electron chi connectivity index (χ2n) is 4.18. The van der Waals surface area contributed by atoms with Crippen molar-refractivity contribution in [2.24, 2.45) is 0 Å². The van der Waals surface area contributed by atoms with Crippen molar-refractivity contribution in [3.05, 3.63) is 59.9 Å². The molecule has 6 heteroatoms. The van der Waals surface area contributed by atoms with Gasteiger partial charge in [0.15, 0.2) is 30.6 Å². The quantitative estimate of drug-likeness (QED) is 0.559. The molecule has 1 aromatic carbocycles. The molecule has 3 nitrogen and oxygen atoms in total. The van der Waals surface area contributed by atoms with Crippen molar-refractivity contribution < 1.29 is 17.7 Å². The van der Waals surface area contributed by atoms with Crippen LogP contribution in [0.25, 0.3) is 11.0 Å². The highest BCUT2D eigenvalue weighted by molar-refractivity contribution is 5.71. The Hall–Kier alpha value is -2.37. The number of pyridine rings is 1. The smallest absolute Gasteiger partial charge is 0.195 e. The summed E-state index contributed by atoms with van der Waals surface area (Å²) >= 11 is 0. The summed E-state index contributed by atoms with van der Waals surface area (Å²) in [7, 11) is 0. The van der Waals surface area contributed by atoms with Crippen LogP contribution in [0.15, 0.2) is 36.9 Å². The molecular formula is C13H9F3N3+. The van der Waals surface area contributed by atoms with Crippen molar-refractivity contribution >= 4 is 11.0 Å². The van der Waals surface area contributed by atoms with E-state index in [0.717, 1.165) is 17.1 Å². The van der Waals surface area contributed by atoms with Crippen LogP contribution in [0.1, 0.15) is 5.56 Å². The number of H-pyrrole nitrogens is 1. The first-order chi connectivity index (χ1) is 9.13. The number of imidazole rings is 1. The summed E-state index contributed by atoms with van der Waals surface area (Å²) in [6.07, 6.45) is 4.97. The lowest BCUT2D eigenvalue weighted by Gasteiger charge is -2.01. The molecule has 3 rings (SSSR count). The molecule has 0 radical (unpaired) electrons. The Kier molecular flexibility index (Phi) is 2.70. The normalized spacial score (nSPS) is 11.1. The van der Waals surface area contributed by atoms with Crippen molar-refractivity contribution in [2.45, 2.75) is 6.54 Å². The first kappa shape index (κ1) is 11.7. The van der Waals surface area contributed by atoms with E-state index in [0.29, 0.717) is 6.07 Å². The molecule has 0 spiro atoms. The van der Waals surface area contributed by atoms with Crippen LogP contribution in [0.4, 0.5) is 13.2 Å². The lowest BCUT2D eigenvalue weighted by Crippen LogP contribution is -2.33. The van der Waals surface area contributed by atoms with E-state index < -0.39 is 17.5 Å². The Balaban J connectivity index is 1.98. The second kappa shape index (κ2) is 4.38. The fourth-order valence-corrected chi connectivity index (χ4v) is 1.91. The van der Waals surface area contributed by atoms with Crippen molar-refractivity contribution in [1.82, 2.24) is 9.97 Å². The summed E-state index contributed by atoms with van der Waals surface area (Å²) in [6.45, 7) is 0.109. The lowest BCUT2D eigenvalue weighted by molar-refractivity contribution is -0.687. The summed E-state index contributed by atoms with van der Waals surface area (Å²) < 4.78 is 41.1. The Morgan fingerprint density at radius 2 is 1.89 bits per heavy atom. The number of nitrogens with one attached hydrogen (secondary N) is 1. The molecule has 0 saturated heterocycles. The highest BCUT2D eigenvalue weighted by Gasteiger charge is 2.14. The topological polar surface area (TPSA) is 32.6 Å². The Bertz CT molecular complexity index is 752. The van der Waals surface area contributed by atoms with Gasteiger partial charge >= 0.3 is 0 Å². The fourth-order valence-electron chi connectivity index (χ4n) is 1.91. The third kappa shape index (κ3) is 2.16. The third-order valence-corrected chi connectivity index (χ3v) is 2.86. The molecule has 0 unspecified atom stereocenters. The predicted molar refractivity (Wildman–Crippen MR) is 61.7 cm³/mol. The van der Waals surface area contributed by atoms with Crippen molar-refractivity contribution in [2.75, 3.05) is 0 Å². The summed E-state index contributed by atoms with van der Waals surface area (Å²) in [5, 5.41) is 0. The summed E-state index contributed by atoms with van der Waals surface area (Å²) in [6, 6.07) is 3.18. The van der Waals surface area contributed by atoms with Crippen LogP contribution in [0.3, 0.4) is 0 Å². The highest BCUT2D eigenvalue weighted by atomic mass is 19.2. The standard InChI is InChI=1S/C13H8F3N3/c14-9-4-11(16)10(15)3-8(9)5-19-2-1-12-13(6-19)18-7-17-12/h1-4,6-7H,5H2/p+1. The Labute approximate surface area is 106 Å². The predicted octanol–water partition coefficient (Wildman–Crippen LogP) is 2.32. The third-order valence-electron chi connectivity index (χ3n) is 2.86. The van der Waals surface area contributed by atoms with Gasteiger partial charge in [-0.1, -0.05) is 0 Å². The van der Waals surface area contributed by atoms with Gasteiger partial charge < -0.3 is 4.98 Å². The maximum Gasteiger partial charge on any atom is 0.195 e. The Morgan fingerprint density at radius 1 is 1.11 bits per heavy atom. The van der Waals surface area contributed by atoms with E-state index in [1.165, 1.54) is 0 Å². The molecular weight excluding hydrogens is 255 g/mol. The lowest BCUT2D eigenvalue weighted by atomic mass is 10.2. The van der Waals surface area contributed by atoms with E-state index in [4.69, 9.17) is 0 Å². The second-order valence-corrected chi connectivity index (χ2v) is 4.18. The van der Waals surface area contributed by atoms with Gasteiger partial charge in [-0.3, -0.25) is 0 Å². The molecule has 0 aliphatic carbocycles. The Morgan fingerprint density at radius 3 is 2.74 bits per heavy atom. The molecule has 0 fully saturated rings. The summed E-state index contributed by atoms with van der Waals surface area (Å²) in [5.41, 5.74) is 1.65. The number of aromatic nitrogens is 3. The van der Waals surface area contributed by atoms with E-state index in [1.54, 1.807) is 29.4 Å². The minimum absolute atomic E-state index is 0.0859. The van der Waals surface area contributed by atoms with Gasteiger partial charge in [0, 0.05) is 12.1 Å². The molecule has 96 valence electrons. The van der Waals surface area contributed by atoms with Crippen LogP contribution in [0.2, 0.25) is 0 Å². The molecule has 0 saturated carbocycles. The molecule has 3 aromatic rings. The monoisotopic (exact) mass is 264 g/mol. The SMILES string of the molecule is Fc1cc(F)c(C[n+]2ccc3nc[nH]c3c2)cc1F. The molecule has 0 amide bonds. The van der Waals surface area contributed by atoms with E-state index in [2.05, 4.69) is 9.97 Å². The van der Waals surface area contributed by atoms with Gasteiger partial charge in [0.05, 0.1) is 11.9 Å². The van der Waals surface area contributed by atoms with Crippen molar-refractivity contribution in [3.8, 4) is 0 Å². The number of rotatable bonds is 2. The zero-order chi connectivity index (χ0) is 13.4. The molecule has 0 bridgehead atoms. The number of aromatic amines is 1. The largest absolute Gasteiger partial charge is 0.340 e. The van der Waals surface area contributed by atoms with Gasteiger partial charge in [0.25, 0.3) is 0 Å². The maximum absolute atomic E-state index is 13.5. The molecule has 2 aromatic heterocycles. The van der Waals surface area contributed by atoms with Crippen LogP contribution in [-0.2, 0) is 6.54 Å². The molecule has 0 atom stereocenters. The van der Waals surface area contributed by atoms with Gasteiger partial charge in [-0.15, -0.1) is 0 Å². The zero-order valence-electron chi connectivity index (χ0n) is 9.70. The minimum Gasteiger partial charge on any atom is -0.340 e. The zero-order valence-corrected chi connectivity index (χ0v) is 9.70. The molecule has 2 heterocycles. The van der Waals surface area contributed by atoms with Crippen LogP contribution < -0.4 is 4.57 Å². The number of nitrogens with zero attached hydrogens (tertiary/aromatic N) is 2.